The molecule has 0 aliphatic heterocycles. The number of hydrogen-bond acceptors (Lipinski definition) is 5. The van der Waals surface area contributed by atoms with Crippen molar-refractivity contribution in [2.24, 2.45) is 0 Å². The van der Waals surface area contributed by atoms with Crippen molar-refractivity contribution in [1.82, 2.24) is 9.88 Å². The summed E-state index contributed by atoms with van der Waals surface area (Å²) in [6.45, 7) is 1.62. The molecule has 31 heavy (non-hydrogen) atoms. The highest BCUT2D eigenvalue weighted by atomic mass is 16.5. The van der Waals surface area contributed by atoms with Gasteiger partial charge in [0.2, 0.25) is 0 Å². The van der Waals surface area contributed by atoms with Gasteiger partial charge in [0, 0.05) is 6.54 Å². The molecule has 1 aromatic heterocycles. The van der Waals surface area contributed by atoms with Crippen LogP contribution in [-0.2, 0) is 20.9 Å². The fourth-order valence-corrected chi connectivity index (χ4v) is 3.64. The van der Waals surface area contributed by atoms with E-state index in [0.717, 1.165) is 16.3 Å². The molecule has 1 N–H and O–H groups in total. The molecule has 0 saturated carbocycles. The molecular weight excluding hydrogens is 396 g/mol. The molecule has 1 amide bonds. The van der Waals surface area contributed by atoms with Gasteiger partial charge in [0.05, 0.1) is 18.0 Å². The minimum atomic E-state index is -0.565. The maximum absolute atomic E-state index is 12.3. The van der Waals surface area contributed by atoms with E-state index in [1.54, 1.807) is 24.3 Å². The number of fused-ring (bicyclic) bond motifs is 2. The van der Waals surface area contributed by atoms with Crippen LogP contribution in [0.15, 0.2) is 75.9 Å². The lowest BCUT2D eigenvalue weighted by molar-refractivity contribution is -0.148. The monoisotopic (exact) mass is 418 g/mol. The van der Waals surface area contributed by atoms with Crippen molar-refractivity contribution >= 4 is 33.7 Å². The fourth-order valence-electron chi connectivity index (χ4n) is 3.64. The van der Waals surface area contributed by atoms with E-state index in [9.17, 15) is 14.4 Å². The zero-order valence-electron chi connectivity index (χ0n) is 17.0. The standard InChI is InChI=1S/C24H22N2O5/c1-16(18-10-6-8-17-7-2-3-9-19(17)18)25-22(27)15-30-23(28)13-14-26-20-11-4-5-12-21(20)31-24(26)29/h2-12,16H,13-15H2,1H3,(H,25,27)/t16-/m0/s1. The van der Waals surface area contributed by atoms with Gasteiger partial charge < -0.3 is 14.5 Å². The van der Waals surface area contributed by atoms with Crippen molar-refractivity contribution in [3.63, 3.8) is 0 Å². The van der Waals surface area contributed by atoms with E-state index in [-0.39, 0.29) is 31.5 Å². The van der Waals surface area contributed by atoms with Gasteiger partial charge in [-0.1, -0.05) is 54.6 Å². The average molecular weight is 418 g/mol. The quantitative estimate of drug-likeness (QED) is 0.464. The maximum atomic E-state index is 12.3. The summed E-state index contributed by atoms with van der Waals surface area (Å²) in [6.07, 6.45) is -0.0460. The molecule has 1 atom stereocenters. The minimum Gasteiger partial charge on any atom is -0.456 e. The fraction of sp³-hybridized carbons (Fsp3) is 0.208. The van der Waals surface area contributed by atoms with Gasteiger partial charge >= 0.3 is 11.7 Å². The Hall–Kier alpha value is -3.87. The first-order valence-electron chi connectivity index (χ1n) is 10.0. The molecule has 0 aliphatic rings. The lowest BCUT2D eigenvalue weighted by Gasteiger charge is -2.16. The van der Waals surface area contributed by atoms with Crippen LogP contribution in [0.2, 0.25) is 0 Å². The SMILES string of the molecule is C[C@H](NC(=O)COC(=O)CCn1c(=O)oc2ccccc21)c1cccc2ccccc12. The Morgan fingerprint density at radius 2 is 1.77 bits per heavy atom. The van der Waals surface area contributed by atoms with Gasteiger partial charge in [-0.05, 0) is 35.4 Å². The lowest BCUT2D eigenvalue weighted by Crippen LogP contribution is -2.31. The van der Waals surface area contributed by atoms with Crippen LogP contribution in [0.3, 0.4) is 0 Å². The maximum Gasteiger partial charge on any atom is 0.419 e. The Bertz CT molecular complexity index is 1300. The number of oxazole rings is 1. The Labute approximate surface area is 178 Å². The van der Waals surface area contributed by atoms with Crippen molar-refractivity contribution in [3.05, 3.63) is 82.8 Å². The summed E-state index contributed by atoms with van der Waals surface area (Å²) in [5.41, 5.74) is 2.06. The van der Waals surface area contributed by atoms with Crippen LogP contribution in [0.25, 0.3) is 21.9 Å². The number of aromatic nitrogens is 1. The number of nitrogens with zero attached hydrogens (tertiary/aromatic N) is 1. The van der Waals surface area contributed by atoms with E-state index in [2.05, 4.69) is 5.32 Å². The van der Waals surface area contributed by atoms with E-state index >= 15 is 0 Å². The Balaban J connectivity index is 1.30. The van der Waals surface area contributed by atoms with Crippen molar-refractivity contribution in [1.29, 1.82) is 0 Å². The molecule has 4 rings (SSSR count). The first-order chi connectivity index (χ1) is 15.0. The summed E-state index contributed by atoms with van der Waals surface area (Å²) in [5.74, 6) is -1.49. The molecule has 158 valence electrons. The third-order valence-corrected chi connectivity index (χ3v) is 5.14. The summed E-state index contributed by atoms with van der Waals surface area (Å²) in [4.78, 5) is 36.3. The Morgan fingerprint density at radius 1 is 1.03 bits per heavy atom. The van der Waals surface area contributed by atoms with E-state index < -0.39 is 11.7 Å². The van der Waals surface area contributed by atoms with Crippen molar-refractivity contribution < 1.29 is 18.7 Å². The highest BCUT2D eigenvalue weighted by molar-refractivity contribution is 5.87. The summed E-state index contributed by atoms with van der Waals surface area (Å²) < 4.78 is 11.6. The van der Waals surface area contributed by atoms with Crippen molar-refractivity contribution in [3.8, 4) is 0 Å². The Morgan fingerprint density at radius 3 is 2.65 bits per heavy atom. The van der Waals surface area contributed by atoms with Crippen LogP contribution in [-0.4, -0.2) is 23.1 Å². The third kappa shape index (κ3) is 4.50. The van der Waals surface area contributed by atoms with E-state index in [1.807, 2.05) is 49.4 Å². The predicted octanol–water partition coefficient (Wildman–Crippen LogP) is 3.56. The molecule has 0 fully saturated rings. The first-order valence-corrected chi connectivity index (χ1v) is 10.0. The number of rotatable bonds is 7. The molecule has 7 heteroatoms. The van der Waals surface area contributed by atoms with Gasteiger partial charge in [0.25, 0.3) is 5.91 Å². The number of aryl methyl sites for hydroxylation is 1. The van der Waals surface area contributed by atoms with Crippen LogP contribution < -0.4 is 11.1 Å². The number of hydrogen-bond donors (Lipinski definition) is 1. The number of esters is 1. The number of ether oxygens (including phenoxy) is 1. The Kier molecular flexibility index (Phi) is 5.84. The lowest BCUT2D eigenvalue weighted by atomic mass is 10.00. The number of nitrogens with one attached hydrogen (secondary N) is 1. The summed E-state index contributed by atoms with van der Waals surface area (Å²) in [5, 5.41) is 5.02. The number of benzene rings is 3. The molecule has 0 unspecified atom stereocenters. The molecule has 4 aromatic rings. The first kappa shape index (κ1) is 20.4. The third-order valence-electron chi connectivity index (χ3n) is 5.14. The summed E-state index contributed by atoms with van der Waals surface area (Å²) in [6, 6.07) is 20.6. The second-order valence-corrected chi connectivity index (χ2v) is 7.26. The van der Waals surface area contributed by atoms with Gasteiger partial charge in [0.15, 0.2) is 12.2 Å². The van der Waals surface area contributed by atoms with Crippen LogP contribution in [0.1, 0.15) is 24.9 Å². The van der Waals surface area contributed by atoms with Gasteiger partial charge in [0.1, 0.15) is 0 Å². The molecule has 0 radical (unpaired) electrons. The second-order valence-electron chi connectivity index (χ2n) is 7.26. The summed E-state index contributed by atoms with van der Waals surface area (Å²) in [7, 11) is 0. The highest BCUT2D eigenvalue weighted by Crippen LogP contribution is 2.23. The molecule has 0 bridgehead atoms. The zero-order chi connectivity index (χ0) is 21.8. The number of carbonyl (C=O) groups excluding carboxylic acids is 2. The second kappa shape index (κ2) is 8.87. The van der Waals surface area contributed by atoms with E-state index in [0.29, 0.717) is 11.1 Å². The molecular formula is C24H22N2O5. The largest absolute Gasteiger partial charge is 0.456 e. The summed E-state index contributed by atoms with van der Waals surface area (Å²) >= 11 is 0. The van der Waals surface area contributed by atoms with Gasteiger partial charge in [-0.2, -0.15) is 0 Å². The van der Waals surface area contributed by atoms with Crippen molar-refractivity contribution in [2.45, 2.75) is 25.9 Å². The van der Waals surface area contributed by atoms with Crippen LogP contribution in [0.5, 0.6) is 0 Å². The van der Waals surface area contributed by atoms with Crippen LogP contribution in [0, 0.1) is 0 Å². The molecule has 1 heterocycles. The molecule has 7 nitrogen and oxygen atoms in total. The van der Waals surface area contributed by atoms with Gasteiger partial charge in [-0.25, -0.2) is 4.79 Å². The highest BCUT2D eigenvalue weighted by Gasteiger charge is 2.15. The van der Waals surface area contributed by atoms with E-state index in [1.165, 1.54) is 4.57 Å². The predicted molar refractivity (Wildman–Crippen MR) is 117 cm³/mol. The smallest absolute Gasteiger partial charge is 0.419 e. The molecule has 3 aromatic carbocycles. The van der Waals surface area contributed by atoms with Gasteiger partial charge in [-0.3, -0.25) is 14.2 Å². The molecule has 0 saturated heterocycles. The van der Waals surface area contributed by atoms with E-state index in [4.69, 9.17) is 9.15 Å². The average Bonchev–Trinajstić information content (AvgIpc) is 3.10. The molecule has 0 aliphatic carbocycles. The molecule has 0 spiro atoms. The number of para-hydroxylation sites is 2. The minimum absolute atomic E-state index is 0.0460. The zero-order valence-corrected chi connectivity index (χ0v) is 17.0. The number of carbonyl (C=O) groups is 2. The topological polar surface area (TPSA) is 90.5 Å². The van der Waals surface area contributed by atoms with Crippen LogP contribution in [0.4, 0.5) is 0 Å². The van der Waals surface area contributed by atoms with Gasteiger partial charge in [-0.15, -0.1) is 0 Å². The van der Waals surface area contributed by atoms with Crippen molar-refractivity contribution in [2.75, 3.05) is 6.61 Å². The normalized spacial score (nSPS) is 12.0. The van der Waals surface area contributed by atoms with Crippen LogP contribution >= 0.6 is 0 Å². The number of amides is 1.